The van der Waals surface area contributed by atoms with Crippen molar-refractivity contribution < 1.29 is 17.6 Å². The summed E-state index contributed by atoms with van der Waals surface area (Å²) in [6.07, 6.45) is 0.633. The third kappa shape index (κ3) is 2.98. The highest BCUT2D eigenvalue weighted by molar-refractivity contribution is 7.91. The summed E-state index contributed by atoms with van der Waals surface area (Å²) in [7, 11) is -2.96. The van der Waals surface area contributed by atoms with Crippen molar-refractivity contribution in [1.29, 1.82) is 0 Å². The van der Waals surface area contributed by atoms with Gasteiger partial charge in [0.05, 0.1) is 22.6 Å². The molecule has 0 saturated carbocycles. The van der Waals surface area contributed by atoms with Crippen LogP contribution in [-0.2, 0) is 14.6 Å². The lowest BCUT2D eigenvalue weighted by Gasteiger charge is -2.31. The highest BCUT2D eigenvalue weighted by atomic mass is 35.5. The van der Waals surface area contributed by atoms with Gasteiger partial charge in [0, 0.05) is 25.3 Å². The van der Waals surface area contributed by atoms with Gasteiger partial charge in [-0.3, -0.25) is 9.69 Å². The smallest absolute Gasteiger partial charge is 0.244 e. The predicted octanol–water partition coefficient (Wildman–Crippen LogP) is 1.31. The number of carbonyl (C=O) groups excluding carboxylic acids is 1. The van der Waals surface area contributed by atoms with Crippen molar-refractivity contribution in [1.82, 2.24) is 4.90 Å². The molecule has 0 spiro atoms. The van der Waals surface area contributed by atoms with E-state index in [0.717, 1.165) is 0 Å². The van der Waals surface area contributed by atoms with E-state index in [1.807, 2.05) is 4.90 Å². The van der Waals surface area contributed by atoms with Crippen LogP contribution in [0.15, 0.2) is 18.2 Å². The second-order valence-electron chi connectivity index (χ2n) is 5.58. The first-order valence-corrected chi connectivity index (χ1v) is 9.28. The SMILES string of the molecule is O=C1C(N2CCS(=O)(=O)CC2)CCN1c1ccc(F)c(Cl)c1. The molecule has 5 nitrogen and oxygen atoms in total. The highest BCUT2D eigenvalue weighted by Crippen LogP contribution is 2.28. The summed E-state index contributed by atoms with van der Waals surface area (Å²) < 4.78 is 36.2. The molecule has 2 fully saturated rings. The third-order valence-electron chi connectivity index (χ3n) is 4.21. The number of anilines is 1. The zero-order valence-corrected chi connectivity index (χ0v) is 13.4. The molecule has 1 aromatic rings. The molecule has 1 unspecified atom stereocenters. The van der Waals surface area contributed by atoms with Crippen molar-refractivity contribution in [3.63, 3.8) is 0 Å². The monoisotopic (exact) mass is 346 g/mol. The first-order chi connectivity index (χ1) is 10.4. The first kappa shape index (κ1) is 15.7. The van der Waals surface area contributed by atoms with Crippen LogP contribution >= 0.6 is 11.6 Å². The maximum Gasteiger partial charge on any atom is 0.244 e. The fourth-order valence-electron chi connectivity index (χ4n) is 2.95. The van der Waals surface area contributed by atoms with E-state index in [1.54, 1.807) is 4.90 Å². The molecular weight excluding hydrogens is 331 g/mol. The second-order valence-corrected chi connectivity index (χ2v) is 8.29. The summed E-state index contributed by atoms with van der Waals surface area (Å²) in [6, 6.07) is 3.91. The molecule has 3 rings (SSSR count). The molecule has 0 radical (unpaired) electrons. The van der Waals surface area contributed by atoms with Crippen LogP contribution < -0.4 is 4.90 Å². The summed E-state index contributed by atoms with van der Waals surface area (Å²) in [5, 5.41) is -0.0159. The van der Waals surface area contributed by atoms with Crippen LogP contribution in [0.25, 0.3) is 0 Å². The Balaban J connectivity index is 1.73. The average Bonchev–Trinajstić information content (AvgIpc) is 2.84. The first-order valence-electron chi connectivity index (χ1n) is 7.08. The number of sulfone groups is 1. The van der Waals surface area contributed by atoms with Crippen molar-refractivity contribution in [2.45, 2.75) is 12.5 Å². The Morgan fingerprint density at radius 3 is 2.50 bits per heavy atom. The molecule has 2 heterocycles. The van der Waals surface area contributed by atoms with Crippen LogP contribution in [0, 0.1) is 5.82 Å². The molecule has 8 heteroatoms. The van der Waals surface area contributed by atoms with Gasteiger partial charge in [-0.15, -0.1) is 0 Å². The minimum absolute atomic E-state index is 0.0159. The minimum Gasteiger partial charge on any atom is -0.311 e. The number of benzene rings is 1. The molecule has 0 aliphatic carbocycles. The van der Waals surface area contributed by atoms with Crippen molar-refractivity contribution in [2.75, 3.05) is 36.0 Å². The summed E-state index contributed by atoms with van der Waals surface area (Å²) >= 11 is 5.77. The maximum absolute atomic E-state index is 13.2. The molecule has 2 saturated heterocycles. The van der Waals surface area contributed by atoms with Gasteiger partial charge in [-0.1, -0.05) is 11.6 Å². The van der Waals surface area contributed by atoms with Gasteiger partial charge in [-0.2, -0.15) is 0 Å². The van der Waals surface area contributed by atoms with Gasteiger partial charge in [0.2, 0.25) is 5.91 Å². The Kier molecular flexibility index (Phi) is 4.13. The van der Waals surface area contributed by atoms with E-state index in [9.17, 15) is 17.6 Å². The second kappa shape index (κ2) is 5.79. The topological polar surface area (TPSA) is 57.7 Å². The quantitative estimate of drug-likeness (QED) is 0.810. The minimum atomic E-state index is -2.96. The van der Waals surface area contributed by atoms with E-state index in [-0.39, 0.29) is 28.5 Å². The Hall–Kier alpha value is -1.18. The summed E-state index contributed by atoms with van der Waals surface area (Å²) in [5.41, 5.74) is 0.573. The fraction of sp³-hybridized carbons (Fsp3) is 0.500. The predicted molar refractivity (Wildman–Crippen MR) is 82.4 cm³/mol. The molecule has 0 aromatic heterocycles. The zero-order chi connectivity index (χ0) is 15.9. The van der Waals surface area contributed by atoms with Gasteiger partial charge in [-0.05, 0) is 24.6 Å². The van der Waals surface area contributed by atoms with Crippen molar-refractivity contribution in [3.8, 4) is 0 Å². The number of rotatable bonds is 2. The van der Waals surface area contributed by atoms with Crippen LogP contribution in [0.2, 0.25) is 5.02 Å². The Morgan fingerprint density at radius 2 is 1.86 bits per heavy atom. The number of carbonyl (C=O) groups is 1. The Bertz CT molecular complexity index is 696. The summed E-state index contributed by atoms with van der Waals surface area (Å²) in [6.45, 7) is 1.29. The number of hydrogen-bond acceptors (Lipinski definition) is 4. The van der Waals surface area contributed by atoms with Gasteiger partial charge >= 0.3 is 0 Å². The van der Waals surface area contributed by atoms with Gasteiger partial charge in [-0.25, -0.2) is 12.8 Å². The zero-order valence-electron chi connectivity index (χ0n) is 11.8. The van der Waals surface area contributed by atoms with Gasteiger partial charge < -0.3 is 4.90 Å². The molecule has 22 heavy (non-hydrogen) atoms. The van der Waals surface area contributed by atoms with Crippen LogP contribution in [0.4, 0.5) is 10.1 Å². The van der Waals surface area contributed by atoms with E-state index in [2.05, 4.69) is 0 Å². The van der Waals surface area contributed by atoms with Crippen molar-refractivity contribution in [3.05, 3.63) is 29.0 Å². The summed E-state index contributed by atoms with van der Waals surface area (Å²) in [4.78, 5) is 16.1. The van der Waals surface area contributed by atoms with Crippen LogP contribution in [0.3, 0.4) is 0 Å². The average molecular weight is 347 g/mol. The van der Waals surface area contributed by atoms with Gasteiger partial charge in [0.1, 0.15) is 5.82 Å². The van der Waals surface area contributed by atoms with Crippen molar-refractivity contribution >= 4 is 33.0 Å². The van der Waals surface area contributed by atoms with E-state index in [1.165, 1.54) is 18.2 Å². The standard InChI is InChI=1S/C14H16ClFN2O3S/c15-11-9-10(1-2-12(11)16)18-4-3-13(14(18)19)17-5-7-22(20,21)8-6-17/h1-2,9,13H,3-8H2. The van der Waals surface area contributed by atoms with Crippen molar-refractivity contribution in [2.24, 2.45) is 0 Å². The molecule has 0 N–H and O–H groups in total. The number of amides is 1. The molecular formula is C14H16ClFN2O3S. The van der Waals surface area contributed by atoms with E-state index >= 15 is 0 Å². The third-order valence-corrected chi connectivity index (χ3v) is 6.11. The molecule has 2 aliphatic heterocycles. The van der Waals surface area contributed by atoms with E-state index in [0.29, 0.717) is 31.7 Å². The number of hydrogen-bond donors (Lipinski definition) is 0. The Morgan fingerprint density at radius 1 is 1.18 bits per heavy atom. The number of halogens is 2. The van der Waals surface area contributed by atoms with E-state index < -0.39 is 15.7 Å². The fourth-order valence-corrected chi connectivity index (χ4v) is 4.36. The van der Waals surface area contributed by atoms with Gasteiger partial charge in [0.25, 0.3) is 0 Å². The number of nitrogens with zero attached hydrogens (tertiary/aromatic N) is 2. The lowest BCUT2D eigenvalue weighted by molar-refractivity contribution is -0.121. The largest absolute Gasteiger partial charge is 0.311 e. The van der Waals surface area contributed by atoms with Crippen LogP contribution in [0.5, 0.6) is 0 Å². The Labute approximate surface area is 133 Å². The van der Waals surface area contributed by atoms with Gasteiger partial charge in [0.15, 0.2) is 9.84 Å². The molecule has 0 bridgehead atoms. The lowest BCUT2D eigenvalue weighted by atomic mass is 10.2. The summed E-state index contributed by atoms with van der Waals surface area (Å²) in [5.74, 6) is -0.407. The molecule has 1 atom stereocenters. The lowest BCUT2D eigenvalue weighted by Crippen LogP contribution is -2.49. The normalized spacial score (nSPS) is 25.6. The molecule has 120 valence electrons. The maximum atomic E-state index is 13.2. The van der Waals surface area contributed by atoms with E-state index in [4.69, 9.17) is 11.6 Å². The molecule has 1 amide bonds. The molecule has 2 aliphatic rings. The van der Waals surface area contributed by atoms with Crippen LogP contribution in [-0.4, -0.2) is 56.4 Å². The molecule has 1 aromatic carbocycles. The highest BCUT2D eigenvalue weighted by Gasteiger charge is 2.38. The van der Waals surface area contributed by atoms with Crippen LogP contribution in [0.1, 0.15) is 6.42 Å².